The summed E-state index contributed by atoms with van der Waals surface area (Å²) in [5.74, 6) is -2.44. The average molecular weight is 932 g/mol. The first-order chi connectivity index (χ1) is 32.0. The van der Waals surface area contributed by atoms with Gasteiger partial charge in [-0.15, -0.1) is 0 Å². The molecule has 18 heteroatoms. The third-order valence-electron chi connectivity index (χ3n) is 12.5. The maximum atomic E-state index is 14.4. The molecule has 6 amide bonds. The van der Waals surface area contributed by atoms with Crippen LogP contribution in [0, 0.1) is 17.7 Å². The molecule has 3 aromatic rings. The first-order valence-electron chi connectivity index (χ1n) is 22.7. The van der Waals surface area contributed by atoms with Gasteiger partial charge in [0.15, 0.2) is 0 Å². The van der Waals surface area contributed by atoms with E-state index in [9.17, 15) is 33.2 Å². The summed E-state index contributed by atoms with van der Waals surface area (Å²) in [5, 5.41) is 11.1. The second kappa shape index (κ2) is 23.5. The molecule has 2 aliphatic rings. The Bertz CT molecular complexity index is 2180. The van der Waals surface area contributed by atoms with Crippen molar-refractivity contribution >= 4 is 52.9 Å². The van der Waals surface area contributed by atoms with Gasteiger partial charge in [0.1, 0.15) is 42.2 Å². The minimum absolute atomic E-state index is 0.242. The van der Waals surface area contributed by atoms with E-state index in [0.717, 1.165) is 11.1 Å². The number of anilines is 3. The lowest BCUT2D eigenvalue weighted by molar-refractivity contribution is -0.140. The topological polar surface area (TPSA) is 197 Å². The Hall–Kier alpha value is -6.27. The molecule has 0 spiro atoms. The van der Waals surface area contributed by atoms with Crippen LogP contribution in [0.4, 0.5) is 31.0 Å². The van der Waals surface area contributed by atoms with Crippen molar-refractivity contribution in [3.8, 4) is 0 Å². The number of hydrogen-bond acceptors (Lipinski definition) is 11. The van der Waals surface area contributed by atoms with E-state index in [1.807, 2.05) is 45.0 Å². The van der Waals surface area contributed by atoms with Crippen molar-refractivity contribution in [3.63, 3.8) is 0 Å². The van der Waals surface area contributed by atoms with Crippen LogP contribution < -0.4 is 26.2 Å². The fourth-order valence-corrected chi connectivity index (χ4v) is 8.95. The van der Waals surface area contributed by atoms with Gasteiger partial charge >= 0.3 is 12.2 Å². The van der Waals surface area contributed by atoms with E-state index in [-0.39, 0.29) is 30.2 Å². The van der Waals surface area contributed by atoms with Gasteiger partial charge in [-0.25, -0.2) is 14.0 Å². The third kappa shape index (κ3) is 12.0. The van der Waals surface area contributed by atoms with Gasteiger partial charge in [-0.2, -0.15) is 0 Å². The number of likely N-dealkylation sites (tertiary alicyclic amines) is 1. The predicted octanol–water partition coefficient (Wildman–Crippen LogP) is 6.41. The van der Waals surface area contributed by atoms with Crippen molar-refractivity contribution in [2.45, 2.75) is 109 Å². The predicted molar refractivity (Wildman–Crippen MR) is 251 cm³/mol. The molecule has 0 unspecified atom stereocenters. The summed E-state index contributed by atoms with van der Waals surface area (Å²) in [7, 11) is 5.65. The van der Waals surface area contributed by atoms with Gasteiger partial charge in [-0.3, -0.25) is 19.2 Å². The van der Waals surface area contributed by atoms with Crippen LogP contribution in [0.3, 0.4) is 0 Å². The molecule has 8 atom stereocenters. The summed E-state index contributed by atoms with van der Waals surface area (Å²) >= 11 is 0. The molecule has 3 aromatic carbocycles. The number of benzene rings is 3. The Morgan fingerprint density at radius 1 is 0.701 bits per heavy atom. The van der Waals surface area contributed by atoms with Gasteiger partial charge in [0.2, 0.25) is 23.6 Å². The van der Waals surface area contributed by atoms with Crippen molar-refractivity contribution in [1.29, 1.82) is 0 Å². The van der Waals surface area contributed by atoms with E-state index in [2.05, 4.69) is 26.2 Å². The Kier molecular flexibility index (Phi) is 18.1. The van der Waals surface area contributed by atoms with E-state index >= 15 is 0 Å². The Labute approximate surface area is 392 Å². The number of halogens is 1. The quantitative estimate of drug-likeness (QED) is 0.110. The van der Waals surface area contributed by atoms with Crippen LogP contribution in [0.5, 0.6) is 0 Å². The Morgan fingerprint density at radius 2 is 1.19 bits per heavy atom. The highest BCUT2D eigenvalue weighted by molar-refractivity contribution is 5.99. The fraction of sp³-hybridized carbons (Fsp3) is 0.510. The molecule has 2 saturated heterocycles. The van der Waals surface area contributed by atoms with Gasteiger partial charge in [0.05, 0.1) is 26.3 Å². The van der Waals surface area contributed by atoms with Crippen LogP contribution in [0.2, 0.25) is 0 Å². The highest BCUT2D eigenvalue weighted by Gasteiger charge is 2.51. The monoisotopic (exact) mass is 931 g/mol. The molecular formula is C49H66FN7O10. The fourth-order valence-electron chi connectivity index (χ4n) is 8.95. The molecule has 5 rings (SSSR count). The number of hydrogen-bond donors (Lipinski definition) is 4. The van der Waals surface area contributed by atoms with Gasteiger partial charge in [-0.05, 0) is 97.7 Å². The molecule has 0 radical (unpaired) electrons. The molecule has 4 N–H and O–H groups in total. The van der Waals surface area contributed by atoms with E-state index in [1.54, 1.807) is 71.4 Å². The minimum Gasteiger partial charge on any atom is -0.453 e. The SMILES string of the molecule is CCCN(C(=O)[C@@H](NC(=O)OC)C(C)C)[C@@H](C)C(=O)Nc1ccc([C@H]2[C@@H](OC)[C@H](OC)[C@H](c3ccc(NC(=O)[C@@H]4CCCN4C(=O)[C@@H](NC(=O)OC)C(C)C)cc3)N2c2ccc(F)cc2)cc1. The first-order valence-corrected chi connectivity index (χ1v) is 22.7. The molecule has 0 bridgehead atoms. The smallest absolute Gasteiger partial charge is 0.407 e. The zero-order valence-corrected chi connectivity index (χ0v) is 40.0. The third-order valence-corrected chi connectivity index (χ3v) is 12.5. The number of nitrogens with zero attached hydrogens (tertiary/aromatic N) is 3. The molecular weight excluding hydrogens is 866 g/mol. The largest absolute Gasteiger partial charge is 0.453 e. The lowest BCUT2D eigenvalue weighted by atomic mass is 9.98. The zero-order valence-electron chi connectivity index (χ0n) is 40.0. The number of nitrogens with one attached hydrogen (secondary N) is 4. The summed E-state index contributed by atoms with van der Waals surface area (Å²) in [6.45, 7) is 11.4. The Morgan fingerprint density at radius 3 is 1.66 bits per heavy atom. The van der Waals surface area contributed by atoms with Crippen LogP contribution in [-0.4, -0.2) is 124 Å². The van der Waals surface area contributed by atoms with Gasteiger partial charge < -0.3 is 54.9 Å². The maximum Gasteiger partial charge on any atom is 0.407 e. The van der Waals surface area contributed by atoms with Crippen molar-refractivity contribution in [2.75, 3.05) is 57.1 Å². The average Bonchev–Trinajstić information content (AvgIpc) is 3.95. The molecule has 0 saturated carbocycles. The number of methoxy groups -OCH3 is 4. The highest BCUT2D eigenvalue weighted by atomic mass is 19.1. The lowest BCUT2D eigenvalue weighted by Gasteiger charge is -2.34. The van der Waals surface area contributed by atoms with Crippen molar-refractivity contribution in [2.24, 2.45) is 11.8 Å². The van der Waals surface area contributed by atoms with Crippen LogP contribution in [-0.2, 0) is 38.1 Å². The summed E-state index contributed by atoms with van der Waals surface area (Å²) in [4.78, 5) is 83.9. The summed E-state index contributed by atoms with van der Waals surface area (Å²) in [6, 6.07) is 16.4. The standard InChI is InChI=1S/C49H66FN7O10/c1-11-26-55(46(60)38(28(2)3)53-48(62)66-9)30(6)44(58)51-34-20-14-31(15-21-34)40-42(64-7)43(65-8)41(57(40)36-24-18-33(50)19-25-36)32-16-22-35(23-17-32)52-45(59)37-13-12-27-56(37)47(61)39(29(4)5)54-49(63)67-10/h14-25,28-30,37-43H,11-13,26-27H2,1-10H3,(H,51,58)(H,52,59)(H,53,62)(H,54,63)/t30-,37-,38-,39-,40-,41-,42+,43+/m0/s1. The molecule has 2 heterocycles. The highest BCUT2D eigenvalue weighted by Crippen LogP contribution is 2.49. The summed E-state index contributed by atoms with van der Waals surface area (Å²) < 4.78 is 36.3. The number of amides is 6. The maximum absolute atomic E-state index is 14.4. The Balaban J connectivity index is 1.39. The number of alkyl carbamates (subject to hydrolysis) is 2. The number of rotatable bonds is 18. The van der Waals surface area contributed by atoms with Crippen LogP contribution in [0.25, 0.3) is 0 Å². The van der Waals surface area contributed by atoms with E-state index in [4.69, 9.17) is 18.9 Å². The lowest BCUT2D eigenvalue weighted by Crippen LogP contribution is -2.55. The molecule has 2 aliphatic heterocycles. The molecule has 17 nitrogen and oxygen atoms in total. The van der Waals surface area contributed by atoms with Crippen molar-refractivity contribution in [3.05, 3.63) is 89.7 Å². The van der Waals surface area contributed by atoms with E-state index in [1.165, 1.54) is 36.2 Å². The number of carbonyl (C=O) groups is 6. The van der Waals surface area contributed by atoms with Gasteiger partial charge in [0, 0.05) is 44.4 Å². The summed E-state index contributed by atoms with van der Waals surface area (Å²) in [5.41, 5.74) is 3.31. The molecule has 0 aromatic heterocycles. The van der Waals surface area contributed by atoms with Crippen LogP contribution in [0.15, 0.2) is 72.8 Å². The normalized spacial score (nSPS) is 20.5. The van der Waals surface area contributed by atoms with Gasteiger partial charge in [0.25, 0.3) is 0 Å². The summed E-state index contributed by atoms with van der Waals surface area (Å²) in [6.07, 6.45) is -0.885. The second-order valence-corrected chi connectivity index (χ2v) is 17.5. The van der Waals surface area contributed by atoms with Crippen LogP contribution >= 0.6 is 0 Å². The van der Waals surface area contributed by atoms with E-state index < -0.39 is 78.3 Å². The first kappa shape index (κ1) is 51.7. The molecule has 364 valence electrons. The van der Waals surface area contributed by atoms with Gasteiger partial charge in [-0.1, -0.05) is 58.9 Å². The van der Waals surface area contributed by atoms with Crippen molar-refractivity contribution < 1.29 is 52.1 Å². The molecule has 67 heavy (non-hydrogen) atoms. The second-order valence-electron chi connectivity index (χ2n) is 17.5. The molecule has 0 aliphatic carbocycles. The minimum atomic E-state index is -0.897. The number of carbonyl (C=O) groups excluding carboxylic acids is 6. The van der Waals surface area contributed by atoms with E-state index in [0.29, 0.717) is 42.9 Å². The van der Waals surface area contributed by atoms with Crippen molar-refractivity contribution in [1.82, 2.24) is 20.4 Å². The zero-order chi connectivity index (χ0) is 49.1. The molecule has 2 fully saturated rings. The number of ether oxygens (including phenoxy) is 4. The van der Waals surface area contributed by atoms with Crippen LogP contribution in [0.1, 0.15) is 84.0 Å².